The maximum absolute atomic E-state index is 12.3. The number of amides is 1. The summed E-state index contributed by atoms with van der Waals surface area (Å²) in [5.41, 5.74) is 1.42. The van der Waals surface area contributed by atoms with Gasteiger partial charge in [0.25, 0.3) is 5.91 Å². The zero-order valence-corrected chi connectivity index (χ0v) is 14.8. The molecule has 128 valence electrons. The molecule has 0 saturated heterocycles. The first-order valence-electron chi connectivity index (χ1n) is 8.49. The van der Waals surface area contributed by atoms with Gasteiger partial charge in [-0.1, -0.05) is 25.3 Å². The maximum Gasteiger partial charge on any atom is 0.251 e. The molecule has 0 aliphatic heterocycles. The average molecular weight is 345 g/mol. The van der Waals surface area contributed by atoms with E-state index in [0.717, 1.165) is 16.7 Å². The van der Waals surface area contributed by atoms with Crippen LogP contribution in [0.4, 0.5) is 0 Å². The van der Waals surface area contributed by atoms with E-state index in [4.69, 9.17) is 0 Å². The molecule has 24 heavy (non-hydrogen) atoms. The molecule has 1 aliphatic carbocycles. The summed E-state index contributed by atoms with van der Waals surface area (Å²) in [6.45, 7) is 2.53. The molecule has 1 N–H and O–H groups in total. The van der Waals surface area contributed by atoms with Crippen molar-refractivity contribution in [3.8, 4) is 5.69 Å². The Balaban J connectivity index is 1.51. The van der Waals surface area contributed by atoms with Gasteiger partial charge in [0.05, 0.1) is 5.69 Å². The van der Waals surface area contributed by atoms with Gasteiger partial charge in [-0.3, -0.25) is 4.79 Å². The Morgan fingerprint density at radius 2 is 2.17 bits per heavy atom. The number of benzene rings is 1. The Hall–Kier alpha value is -1.89. The van der Waals surface area contributed by atoms with Crippen molar-refractivity contribution in [2.45, 2.75) is 44.3 Å². The number of rotatable bonds is 6. The van der Waals surface area contributed by atoms with Crippen LogP contribution in [0.25, 0.3) is 5.69 Å². The molecular formula is C17H23N5OS. The van der Waals surface area contributed by atoms with Crippen LogP contribution in [-0.2, 0) is 0 Å². The molecule has 1 heterocycles. The van der Waals surface area contributed by atoms with E-state index in [0.29, 0.717) is 17.9 Å². The predicted molar refractivity (Wildman–Crippen MR) is 95.6 cm³/mol. The highest BCUT2D eigenvalue weighted by Gasteiger charge is 2.14. The number of nitrogens with one attached hydrogen (secondary N) is 1. The van der Waals surface area contributed by atoms with Gasteiger partial charge in [-0.2, -0.15) is 16.4 Å². The number of aromatic nitrogens is 4. The summed E-state index contributed by atoms with van der Waals surface area (Å²) in [6.07, 6.45) is 6.74. The molecule has 0 spiro atoms. The lowest BCUT2D eigenvalue weighted by molar-refractivity contribution is 0.0956. The zero-order chi connectivity index (χ0) is 16.8. The molecule has 2 aromatic rings. The minimum Gasteiger partial charge on any atom is -0.351 e. The molecule has 6 nitrogen and oxygen atoms in total. The molecule has 1 fully saturated rings. The minimum absolute atomic E-state index is 0.0492. The van der Waals surface area contributed by atoms with Gasteiger partial charge in [-0.05, 0) is 48.4 Å². The number of thioether (sulfide) groups is 1. The van der Waals surface area contributed by atoms with Crippen molar-refractivity contribution in [2.24, 2.45) is 0 Å². The molecule has 1 aliphatic rings. The third kappa shape index (κ3) is 4.35. The number of hydrogen-bond donors (Lipinski definition) is 1. The first kappa shape index (κ1) is 17.0. The summed E-state index contributed by atoms with van der Waals surface area (Å²) in [4.78, 5) is 12.3. The average Bonchev–Trinajstić information content (AvgIpc) is 3.05. The summed E-state index contributed by atoms with van der Waals surface area (Å²) < 4.78 is 1.62. The van der Waals surface area contributed by atoms with Crippen molar-refractivity contribution >= 4 is 17.7 Å². The lowest BCUT2D eigenvalue weighted by atomic mass is 10.0. The molecule has 0 radical (unpaired) electrons. The number of aryl methyl sites for hydroxylation is 1. The first-order valence-corrected chi connectivity index (χ1v) is 9.54. The molecule has 0 atom stereocenters. The number of carbonyl (C=O) groups is 1. The van der Waals surface area contributed by atoms with Crippen molar-refractivity contribution in [3.63, 3.8) is 0 Å². The van der Waals surface area contributed by atoms with Crippen molar-refractivity contribution in [1.29, 1.82) is 0 Å². The summed E-state index contributed by atoms with van der Waals surface area (Å²) in [6, 6.07) is 7.36. The molecule has 1 aromatic carbocycles. The zero-order valence-electron chi connectivity index (χ0n) is 13.9. The Bertz CT molecular complexity index is 681. The summed E-state index contributed by atoms with van der Waals surface area (Å²) in [7, 11) is 0. The largest absolute Gasteiger partial charge is 0.351 e. The molecule has 0 bridgehead atoms. The van der Waals surface area contributed by atoms with Crippen LogP contribution in [0.15, 0.2) is 24.3 Å². The van der Waals surface area contributed by atoms with Gasteiger partial charge in [0.2, 0.25) is 0 Å². The Morgan fingerprint density at radius 3 is 2.92 bits per heavy atom. The van der Waals surface area contributed by atoms with Gasteiger partial charge in [0.1, 0.15) is 0 Å². The van der Waals surface area contributed by atoms with E-state index < -0.39 is 0 Å². The second kappa shape index (κ2) is 8.28. The fraction of sp³-hybridized carbons (Fsp3) is 0.529. The Kier molecular flexibility index (Phi) is 5.85. The van der Waals surface area contributed by atoms with Crippen LogP contribution >= 0.6 is 11.8 Å². The van der Waals surface area contributed by atoms with Crippen LogP contribution in [0.2, 0.25) is 0 Å². The van der Waals surface area contributed by atoms with Crippen LogP contribution in [0.5, 0.6) is 0 Å². The van der Waals surface area contributed by atoms with Crippen LogP contribution in [-0.4, -0.2) is 43.7 Å². The van der Waals surface area contributed by atoms with E-state index in [-0.39, 0.29) is 5.91 Å². The normalized spacial score (nSPS) is 15.4. The number of carbonyl (C=O) groups excluding carboxylic acids is 1. The van der Waals surface area contributed by atoms with Crippen LogP contribution in [0, 0.1) is 6.92 Å². The molecule has 0 unspecified atom stereocenters. The molecule has 3 rings (SSSR count). The van der Waals surface area contributed by atoms with E-state index in [2.05, 4.69) is 20.8 Å². The number of hydrogen-bond acceptors (Lipinski definition) is 5. The minimum atomic E-state index is -0.0492. The second-order valence-corrected chi connectivity index (χ2v) is 7.48. The van der Waals surface area contributed by atoms with Crippen LogP contribution < -0.4 is 5.32 Å². The lowest BCUT2D eigenvalue weighted by Crippen LogP contribution is -2.26. The smallest absolute Gasteiger partial charge is 0.251 e. The maximum atomic E-state index is 12.3. The van der Waals surface area contributed by atoms with Gasteiger partial charge in [-0.25, -0.2) is 0 Å². The van der Waals surface area contributed by atoms with E-state index in [1.807, 2.05) is 43.0 Å². The highest BCUT2D eigenvalue weighted by atomic mass is 32.2. The molecular weight excluding hydrogens is 322 g/mol. The quantitative estimate of drug-likeness (QED) is 0.815. The Morgan fingerprint density at radius 1 is 1.33 bits per heavy atom. The lowest BCUT2D eigenvalue weighted by Gasteiger charge is -2.20. The van der Waals surface area contributed by atoms with Gasteiger partial charge < -0.3 is 5.32 Å². The third-order valence-electron chi connectivity index (χ3n) is 4.27. The SMILES string of the molecule is Cc1nnnn1-c1cccc(C(=O)NCCSC2CCCCC2)c1. The van der Waals surface area contributed by atoms with E-state index >= 15 is 0 Å². The standard InChI is InChI=1S/C17H23N5OS/c1-13-19-20-21-22(13)15-7-5-6-14(12-15)17(23)18-10-11-24-16-8-3-2-4-9-16/h5-7,12,16H,2-4,8-11H2,1H3,(H,18,23). The van der Waals surface area contributed by atoms with Crippen LogP contribution in [0.3, 0.4) is 0 Å². The van der Waals surface area contributed by atoms with E-state index in [9.17, 15) is 4.79 Å². The fourth-order valence-electron chi connectivity index (χ4n) is 2.97. The number of tetrazole rings is 1. The molecule has 1 amide bonds. The molecule has 1 aromatic heterocycles. The van der Waals surface area contributed by atoms with Crippen molar-refractivity contribution < 1.29 is 4.79 Å². The summed E-state index contributed by atoms with van der Waals surface area (Å²) in [5.74, 6) is 1.62. The van der Waals surface area contributed by atoms with Gasteiger partial charge in [0.15, 0.2) is 5.82 Å². The molecule has 7 heteroatoms. The third-order valence-corrected chi connectivity index (χ3v) is 5.65. The first-order chi connectivity index (χ1) is 11.7. The highest BCUT2D eigenvalue weighted by Crippen LogP contribution is 2.27. The van der Waals surface area contributed by atoms with E-state index in [1.165, 1.54) is 32.1 Å². The predicted octanol–water partition coefficient (Wildman–Crippen LogP) is 2.77. The number of nitrogens with zero attached hydrogens (tertiary/aromatic N) is 4. The molecule has 1 saturated carbocycles. The van der Waals surface area contributed by atoms with Crippen molar-refractivity contribution in [2.75, 3.05) is 12.3 Å². The van der Waals surface area contributed by atoms with Gasteiger partial charge >= 0.3 is 0 Å². The van der Waals surface area contributed by atoms with Gasteiger partial charge in [0, 0.05) is 23.1 Å². The summed E-state index contributed by atoms with van der Waals surface area (Å²) >= 11 is 1.99. The monoisotopic (exact) mass is 345 g/mol. The van der Waals surface area contributed by atoms with Crippen molar-refractivity contribution in [3.05, 3.63) is 35.7 Å². The van der Waals surface area contributed by atoms with E-state index in [1.54, 1.807) is 4.68 Å². The Labute approximate surface area is 146 Å². The summed E-state index contributed by atoms with van der Waals surface area (Å²) in [5, 5.41) is 15.2. The topological polar surface area (TPSA) is 72.7 Å². The highest BCUT2D eigenvalue weighted by molar-refractivity contribution is 7.99. The van der Waals surface area contributed by atoms with Gasteiger partial charge in [-0.15, -0.1) is 5.10 Å². The van der Waals surface area contributed by atoms with Crippen molar-refractivity contribution in [1.82, 2.24) is 25.5 Å². The second-order valence-electron chi connectivity index (χ2n) is 6.07. The van der Waals surface area contributed by atoms with Crippen LogP contribution in [0.1, 0.15) is 48.3 Å². The fourth-order valence-corrected chi connectivity index (χ4v) is 4.19.